The Morgan fingerprint density at radius 2 is 2.00 bits per heavy atom. The van der Waals surface area contributed by atoms with Crippen LogP contribution in [0.1, 0.15) is 28.2 Å². The lowest BCUT2D eigenvalue weighted by molar-refractivity contribution is -0.0592. The highest BCUT2D eigenvalue weighted by atomic mass is 16.5. The number of nitrogens with zero attached hydrogens (tertiary/aromatic N) is 7. The van der Waals surface area contributed by atoms with E-state index in [9.17, 15) is 9.90 Å². The van der Waals surface area contributed by atoms with Gasteiger partial charge in [0.1, 0.15) is 18.2 Å². The van der Waals surface area contributed by atoms with E-state index in [0.29, 0.717) is 25.6 Å². The molecule has 2 aliphatic rings. The molecular formula is C27H31N7O4. The summed E-state index contributed by atoms with van der Waals surface area (Å²) in [6, 6.07) is 11.0. The second-order valence-electron chi connectivity index (χ2n) is 9.84. The first kappa shape index (κ1) is 24.4. The Balaban J connectivity index is 1.11. The lowest BCUT2D eigenvalue weighted by atomic mass is 10.1. The summed E-state index contributed by atoms with van der Waals surface area (Å²) < 4.78 is 15.5. The zero-order chi connectivity index (χ0) is 26.1. The summed E-state index contributed by atoms with van der Waals surface area (Å²) in [4.78, 5) is 25.8. The highest BCUT2D eigenvalue weighted by Gasteiger charge is 2.25. The molecule has 198 valence electrons. The van der Waals surface area contributed by atoms with Gasteiger partial charge in [-0.15, -0.1) is 0 Å². The van der Waals surface area contributed by atoms with Crippen LogP contribution in [0.3, 0.4) is 0 Å². The first-order valence-corrected chi connectivity index (χ1v) is 12.9. The minimum atomic E-state index is -0.933. The molecule has 2 fully saturated rings. The van der Waals surface area contributed by atoms with Crippen LogP contribution in [0.15, 0.2) is 48.8 Å². The summed E-state index contributed by atoms with van der Waals surface area (Å²) in [6.07, 6.45) is 4.88. The summed E-state index contributed by atoms with van der Waals surface area (Å²) in [5.41, 5.74) is 2.94. The number of carboxylic acid groups (broad SMARTS) is 1. The molecule has 0 amide bonds. The van der Waals surface area contributed by atoms with Crippen LogP contribution < -0.4 is 9.64 Å². The van der Waals surface area contributed by atoms with Crippen molar-refractivity contribution in [3.05, 3.63) is 65.7 Å². The Morgan fingerprint density at radius 3 is 2.71 bits per heavy atom. The number of rotatable bonds is 9. The number of pyridine rings is 1. The lowest BCUT2D eigenvalue weighted by Gasteiger charge is -2.35. The van der Waals surface area contributed by atoms with E-state index in [-0.39, 0.29) is 11.7 Å². The Labute approximate surface area is 220 Å². The van der Waals surface area contributed by atoms with E-state index in [1.54, 1.807) is 29.1 Å². The zero-order valence-electron chi connectivity index (χ0n) is 21.4. The fourth-order valence-electron chi connectivity index (χ4n) is 4.96. The molecule has 2 aliphatic heterocycles. The molecule has 0 aliphatic carbocycles. The second-order valence-corrected chi connectivity index (χ2v) is 9.84. The normalized spacial score (nSPS) is 18.0. The summed E-state index contributed by atoms with van der Waals surface area (Å²) in [5.74, 6) is 1.51. The van der Waals surface area contributed by atoms with E-state index < -0.39 is 5.97 Å². The van der Waals surface area contributed by atoms with Crippen molar-refractivity contribution in [2.75, 3.05) is 37.7 Å². The molecule has 38 heavy (non-hydrogen) atoms. The van der Waals surface area contributed by atoms with Gasteiger partial charge in [-0.3, -0.25) is 9.58 Å². The topological polar surface area (TPSA) is 111 Å². The molecule has 1 N–H and O–H groups in total. The number of hydrogen-bond donors (Lipinski definition) is 1. The van der Waals surface area contributed by atoms with Crippen LogP contribution in [0.25, 0.3) is 11.0 Å². The quantitative estimate of drug-likeness (QED) is 0.358. The van der Waals surface area contributed by atoms with Gasteiger partial charge in [0, 0.05) is 57.7 Å². The number of aromatic nitrogens is 5. The standard InChI is InChI=1S/C27H31N7O4/c1-31-15-19(14-28-31)18-38-26-4-2-3-24(30-26)33-10-8-32(9-11-33)17-25-29-22-6-5-20(27(35)36)13-23(22)34(25)16-21-7-12-37-21/h2-6,13-15,21H,7-12,16-18H2,1H3,(H,35,36). The van der Waals surface area contributed by atoms with Gasteiger partial charge in [0.2, 0.25) is 5.88 Å². The van der Waals surface area contributed by atoms with Crippen LogP contribution in [0, 0.1) is 0 Å². The minimum absolute atomic E-state index is 0.148. The number of carboxylic acids is 1. The molecule has 0 radical (unpaired) electrons. The molecule has 5 heterocycles. The summed E-state index contributed by atoms with van der Waals surface area (Å²) in [7, 11) is 1.88. The minimum Gasteiger partial charge on any atom is -0.478 e. The SMILES string of the molecule is Cn1cc(COc2cccc(N3CCN(Cc4nc5ccc(C(=O)O)cc5n4CC4CCO4)CC3)n2)cn1. The molecule has 0 spiro atoms. The van der Waals surface area contributed by atoms with E-state index in [1.807, 2.05) is 31.4 Å². The van der Waals surface area contributed by atoms with Crippen molar-refractivity contribution < 1.29 is 19.4 Å². The third kappa shape index (κ3) is 5.20. The predicted octanol–water partition coefficient (Wildman–Crippen LogP) is 2.55. The Bertz CT molecular complexity index is 1440. The van der Waals surface area contributed by atoms with Crippen molar-refractivity contribution >= 4 is 22.8 Å². The van der Waals surface area contributed by atoms with E-state index in [1.165, 1.54) is 0 Å². The maximum atomic E-state index is 11.6. The summed E-state index contributed by atoms with van der Waals surface area (Å²) in [6.45, 7) is 6.00. The number of piperazine rings is 1. The molecule has 1 aromatic carbocycles. The zero-order valence-corrected chi connectivity index (χ0v) is 21.4. The molecule has 4 aromatic rings. The summed E-state index contributed by atoms with van der Waals surface area (Å²) in [5, 5.41) is 13.7. The number of fused-ring (bicyclic) bond motifs is 1. The van der Waals surface area contributed by atoms with Crippen LogP contribution in [0.2, 0.25) is 0 Å². The number of benzene rings is 1. The lowest BCUT2D eigenvalue weighted by Crippen LogP contribution is -2.46. The van der Waals surface area contributed by atoms with Crippen molar-refractivity contribution in [2.45, 2.75) is 32.2 Å². The van der Waals surface area contributed by atoms with Gasteiger partial charge in [-0.2, -0.15) is 10.1 Å². The van der Waals surface area contributed by atoms with Gasteiger partial charge in [0.25, 0.3) is 0 Å². The van der Waals surface area contributed by atoms with Gasteiger partial charge >= 0.3 is 5.97 Å². The first-order valence-electron chi connectivity index (χ1n) is 12.9. The molecule has 1 unspecified atom stereocenters. The fourth-order valence-corrected chi connectivity index (χ4v) is 4.96. The van der Waals surface area contributed by atoms with Crippen molar-refractivity contribution in [2.24, 2.45) is 7.05 Å². The third-order valence-electron chi connectivity index (χ3n) is 7.17. The van der Waals surface area contributed by atoms with E-state index in [0.717, 1.165) is 67.4 Å². The van der Waals surface area contributed by atoms with Crippen molar-refractivity contribution in [3.63, 3.8) is 0 Å². The predicted molar refractivity (Wildman–Crippen MR) is 140 cm³/mol. The van der Waals surface area contributed by atoms with Crippen molar-refractivity contribution in [1.82, 2.24) is 29.2 Å². The number of ether oxygens (including phenoxy) is 2. The Hall–Kier alpha value is -3.96. The molecule has 0 saturated carbocycles. The van der Waals surface area contributed by atoms with Gasteiger partial charge < -0.3 is 24.0 Å². The number of hydrogen-bond acceptors (Lipinski definition) is 8. The second kappa shape index (κ2) is 10.4. The van der Waals surface area contributed by atoms with E-state index in [4.69, 9.17) is 19.4 Å². The Morgan fingerprint density at radius 1 is 1.16 bits per heavy atom. The molecular weight excluding hydrogens is 486 g/mol. The van der Waals surface area contributed by atoms with Crippen LogP contribution >= 0.6 is 0 Å². The van der Waals surface area contributed by atoms with Gasteiger partial charge in [-0.1, -0.05) is 6.07 Å². The van der Waals surface area contributed by atoms with Crippen molar-refractivity contribution in [3.8, 4) is 5.88 Å². The van der Waals surface area contributed by atoms with E-state index in [2.05, 4.69) is 19.5 Å². The monoisotopic (exact) mass is 517 g/mol. The average Bonchev–Trinajstić information content (AvgIpc) is 3.47. The molecule has 3 aromatic heterocycles. The first-order chi connectivity index (χ1) is 18.5. The average molecular weight is 518 g/mol. The van der Waals surface area contributed by atoms with Gasteiger partial charge in [-0.05, 0) is 30.7 Å². The largest absolute Gasteiger partial charge is 0.478 e. The van der Waals surface area contributed by atoms with Crippen LogP contribution in [-0.2, 0) is 31.5 Å². The number of anilines is 1. The van der Waals surface area contributed by atoms with Crippen molar-refractivity contribution in [1.29, 1.82) is 0 Å². The molecule has 11 heteroatoms. The molecule has 0 bridgehead atoms. The third-order valence-corrected chi connectivity index (χ3v) is 7.17. The van der Waals surface area contributed by atoms with Gasteiger partial charge in [0.05, 0.1) is 42.0 Å². The maximum absolute atomic E-state index is 11.6. The molecule has 11 nitrogen and oxygen atoms in total. The Kier molecular flexibility index (Phi) is 6.69. The number of aromatic carboxylic acids is 1. The van der Waals surface area contributed by atoms with E-state index >= 15 is 0 Å². The number of aryl methyl sites for hydroxylation is 1. The number of imidazole rings is 1. The molecule has 6 rings (SSSR count). The van der Waals surface area contributed by atoms with Crippen LogP contribution in [0.5, 0.6) is 5.88 Å². The molecule has 1 atom stereocenters. The molecule has 2 saturated heterocycles. The highest BCUT2D eigenvalue weighted by molar-refractivity contribution is 5.92. The maximum Gasteiger partial charge on any atom is 0.335 e. The summed E-state index contributed by atoms with van der Waals surface area (Å²) >= 11 is 0. The smallest absolute Gasteiger partial charge is 0.335 e. The highest BCUT2D eigenvalue weighted by Crippen LogP contribution is 2.24. The number of carbonyl (C=O) groups is 1. The van der Waals surface area contributed by atoms with Crippen LogP contribution in [-0.4, -0.2) is 79.2 Å². The van der Waals surface area contributed by atoms with Gasteiger partial charge in [-0.25, -0.2) is 9.78 Å². The van der Waals surface area contributed by atoms with Crippen LogP contribution in [0.4, 0.5) is 5.82 Å². The fraction of sp³-hybridized carbons (Fsp3) is 0.407. The van der Waals surface area contributed by atoms with Gasteiger partial charge in [0.15, 0.2) is 0 Å².